The van der Waals surface area contributed by atoms with Crippen LogP contribution in [0.3, 0.4) is 0 Å². The molecule has 3 heterocycles. The summed E-state index contributed by atoms with van der Waals surface area (Å²) < 4.78 is 2.05. The molecule has 0 atom stereocenters. The van der Waals surface area contributed by atoms with Crippen LogP contribution in [0.15, 0.2) is 18.6 Å². The number of nitrogens with zero attached hydrogens (tertiary/aromatic N) is 5. The van der Waals surface area contributed by atoms with Crippen molar-refractivity contribution in [2.75, 3.05) is 0 Å². The molecular weight excluding hydrogens is 276 g/mol. The molecule has 0 saturated heterocycles. The number of aromatic amines is 1. The average Bonchev–Trinajstić information content (AvgIpc) is 3.16. The highest BCUT2D eigenvalue weighted by atomic mass is 15.4. The number of aromatic nitrogens is 6. The van der Waals surface area contributed by atoms with E-state index in [1.54, 1.807) is 6.33 Å². The van der Waals surface area contributed by atoms with Crippen LogP contribution in [0.1, 0.15) is 37.8 Å². The van der Waals surface area contributed by atoms with Crippen molar-refractivity contribution in [3.63, 3.8) is 0 Å². The molecule has 22 heavy (non-hydrogen) atoms. The van der Waals surface area contributed by atoms with Crippen molar-refractivity contribution < 1.29 is 0 Å². The molecule has 4 rings (SSSR count). The number of rotatable bonds is 3. The zero-order valence-corrected chi connectivity index (χ0v) is 12.8. The molecule has 6 nitrogen and oxygen atoms in total. The van der Waals surface area contributed by atoms with Gasteiger partial charge in [0.05, 0.1) is 5.69 Å². The predicted molar refractivity (Wildman–Crippen MR) is 84.2 cm³/mol. The van der Waals surface area contributed by atoms with Gasteiger partial charge in [-0.3, -0.25) is 0 Å². The standard InChI is InChI=1S/C16H20N6/c1-11-14(15-13-7-8-17-16(13)19-10-18-15)20-21-22(11)9-12-5-3-2-4-6-12/h7-8,10,12H,2-6,9H2,1H3,(H,17,18,19). The molecule has 1 saturated carbocycles. The summed E-state index contributed by atoms with van der Waals surface area (Å²) in [4.78, 5) is 11.8. The first kappa shape index (κ1) is 13.4. The first-order valence-corrected chi connectivity index (χ1v) is 8.01. The summed E-state index contributed by atoms with van der Waals surface area (Å²) in [6, 6.07) is 1.99. The third kappa shape index (κ3) is 2.28. The fraction of sp³-hybridized carbons (Fsp3) is 0.500. The van der Waals surface area contributed by atoms with E-state index in [1.807, 2.05) is 16.9 Å². The number of hydrogen-bond acceptors (Lipinski definition) is 4. The van der Waals surface area contributed by atoms with E-state index < -0.39 is 0 Å². The molecule has 1 N–H and O–H groups in total. The Kier molecular flexibility index (Phi) is 3.36. The summed E-state index contributed by atoms with van der Waals surface area (Å²) in [7, 11) is 0. The molecule has 3 aromatic heterocycles. The maximum absolute atomic E-state index is 4.42. The van der Waals surface area contributed by atoms with Gasteiger partial charge in [0.2, 0.25) is 0 Å². The van der Waals surface area contributed by atoms with Gasteiger partial charge in [-0.2, -0.15) is 0 Å². The topological polar surface area (TPSA) is 72.3 Å². The van der Waals surface area contributed by atoms with Crippen LogP contribution in [0.25, 0.3) is 22.4 Å². The lowest BCUT2D eigenvalue weighted by molar-refractivity contribution is 0.303. The van der Waals surface area contributed by atoms with Gasteiger partial charge in [0.15, 0.2) is 0 Å². The highest BCUT2D eigenvalue weighted by Gasteiger charge is 2.19. The SMILES string of the molecule is Cc1c(-c2ncnc3[nH]ccc23)nnn1CC1CCCCC1. The molecule has 114 valence electrons. The normalized spacial score (nSPS) is 16.4. The largest absolute Gasteiger partial charge is 0.346 e. The van der Waals surface area contributed by atoms with Crippen molar-refractivity contribution in [3.8, 4) is 11.4 Å². The zero-order chi connectivity index (χ0) is 14.9. The first-order valence-electron chi connectivity index (χ1n) is 8.01. The molecule has 0 aliphatic heterocycles. The Morgan fingerprint density at radius 2 is 2.05 bits per heavy atom. The molecule has 0 bridgehead atoms. The van der Waals surface area contributed by atoms with Gasteiger partial charge in [-0.15, -0.1) is 5.10 Å². The summed E-state index contributed by atoms with van der Waals surface area (Å²) >= 11 is 0. The van der Waals surface area contributed by atoms with Crippen molar-refractivity contribution in [2.45, 2.75) is 45.6 Å². The summed E-state index contributed by atoms with van der Waals surface area (Å²) in [6.45, 7) is 3.05. The molecule has 0 aromatic carbocycles. The second kappa shape index (κ2) is 5.51. The van der Waals surface area contributed by atoms with E-state index in [0.29, 0.717) is 0 Å². The fourth-order valence-electron chi connectivity index (χ4n) is 3.43. The molecule has 0 unspecified atom stereocenters. The highest BCUT2D eigenvalue weighted by Crippen LogP contribution is 2.28. The molecule has 1 aliphatic rings. The van der Waals surface area contributed by atoms with Gasteiger partial charge in [0, 0.05) is 18.1 Å². The van der Waals surface area contributed by atoms with E-state index in [4.69, 9.17) is 0 Å². The smallest absolute Gasteiger partial charge is 0.141 e. The Morgan fingerprint density at radius 1 is 1.18 bits per heavy atom. The van der Waals surface area contributed by atoms with Crippen LogP contribution in [-0.4, -0.2) is 29.9 Å². The molecule has 0 amide bonds. The number of H-pyrrole nitrogens is 1. The van der Waals surface area contributed by atoms with E-state index in [0.717, 1.165) is 40.6 Å². The maximum atomic E-state index is 4.42. The lowest BCUT2D eigenvalue weighted by Gasteiger charge is -2.21. The van der Waals surface area contributed by atoms with Crippen molar-refractivity contribution in [1.29, 1.82) is 0 Å². The van der Waals surface area contributed by atoms with Crippen LogP contribution >= 0.6 is 0 Å². The quantitative estimate of drug-likeness (QED) is 0.806. The van der Waals surface area contributed by atoms with Crippen LogP contribution in [-0.2, 0) is 6.54 Å². The highest BCUT2D eigenvalue weighted by molar-refractivity contribution is 5.89. The van der Waals surface area contributed by atoms with E-state index in [9.17, 15) is 0 Å². The van der Waals surface area contributed by atoms with Gasteiger partial charge in [-0.05, 0) is 31.7 Å². The third-order valence-corrected chi connectivity index (χ3v) is 4.72. The third-order valence-electron chi connectivity index (χ3n) is 4.72. The second-order valence-electron chi connectivity index (χ2n) is 6.17. The molecule has 0 radical (unpaired) electrons. The number of nitrogens with one attached hydrogen (secondary N) is 1. The summed E-state index contributed by atoms with van der Waals surface area (Å²) in [5.74, 6) is 0.736. The van der Waals surface area contributed by atoms with E-state index in [2.05, 4.69) is 32.2 Å². The van der Waals surface area contributed by atoms with Crippen LogP contribution in [0.4, 0.5) is 0 Å². The van der Waals surface area contributed by atoms with Gasteiger partial charge < -0.3 is 4.98 Å². The molecule has 6 heteroatoms. The van der Waals surface area contributed by atoms with Crippen molar-refractivity contribution in [1.82, 2.24) is 29.9 Å². The van der Waals surface area contributed by atoms with Gasteiger partial charge >= 0.3 is 0 Å². The maximum Gasteiger partial charge on any atom is 0.141 e. The Bertz CT molecular complexity index is 781. The second-order valence-corrected chi connectivity index (χ2v) is 6.17. The molecule has 3 aromatic rings. The van der Waals surface area contributed by atoms with Crippen molar-refractivity contribution in [3.05, 3.63) is 24.3 Å². The molecule has 1 fully saturated rings. The van der Waals surface area contributed by atoms with Gasteiger partial charge in [-0.25, -0.2) is 14.6 Å². The molecular formula is C16H20N6. The minimum atomic E-state index is 0.736. The van der Waals surface area contributed by atoms with Crippen LogP contribution in [0.2, 0.25) is 0 Å². The minimum Gasteiger partial charge on any atom is -0.346 e. The zero-order valence-electron chi connectivity index (χ0n) is 12.8. The Balaban J connectivity index is 1.67. The molecule has 0 spiro atoms. The lowest BCUT2D eigenvalue weighted by Crippen LogP contribution is -2.16. The van der Waals surface area contributed by atoms with Crippen molar-refractivity contribution in [2.24, 2.45) is 5.92 Å². The Morgan fingerprint density at radius 3 is 2.91 bits per heavy atom. The van der Waals surface area contributed by atoms with Crippen LogP contribution in [0.5, 0.6) is 0 Å². The van der Waals surface area contributed by atoms with Crippen LogP contribution < -0.4 is 0 Å². The predicted octanol–water partition coefficient (Wildman–Crippen LogP) is 3.11. The Labute approximate surface area is 129 Å². The first-order chi connectivity index (χ1) is 10.8. The van der Waals surface area contributed by atoms with E-state index >= 15 is 0 Å². The monoisotopic (exact) mass is 296 g/mol. The summed E-state index contributed by atoms with van der Waals surface area (Å²) in [5, 5.41) is 9.76. The van der Waals surface area contributed by atoms with Gasteiger partial charge in [-0.1, -0.05) is 24.5 Å². The number of hydrogen-bond donors (Lipinski definition) is 1. The fourth-order valence-corrected chi connectivity index (χ4v) is 3.43. The minimum absolute atomic E-state index is 0.736. The Hall–Kier alpha value is -2.24. The summed E-state index contributed by atoms with van der Waals surface area (Å²) in [6.07, 6.45) is 10.2. The number of fused-ring (bicyclic) bond motifs is 1. The lowest BCUT2D eigenvalue weighted by atomic mass is 9.89. The van der Waals surface area contributed by atoms with E-state index in [1.165, 1.54) is 32.1 Å². The summed E-state index contributed by atoms with van der Waals surface area (Å²) in [5.41, 5.74) is 3.65. The van der Waals surface area contributed by atoms with Gasteiger partial charge in [0.1, 0.15) is 23.4 Å². The van der Waals surface area contributed by atoms with Crippen molar-refractivity contribution >= 4 is 11.0 Å². The van der Waals surface area contributed by atoms with Crippen LogP contribution in [0, 0.1) is 12.8 Å². The van der Waals surface area contributed by atoms with E-state index in [-0.39, 0.29) is 0 Å². The molecule has 1 aliphatic carbocycles. The average molecular weight is 296 g/mol. The van der Waals surface area contributed by atoms with Gasteiger partial charge in [0.25, 0.3) is 0 Å².